The summed E-state index contributed by atoms with van der Waals surface area (Å²) in [6.07, 6.45) is 8.20. The molecule has 1 unspecified atom stereocenters. The summed E-state index contributed by atoms with van der Waals surface area (Å²) in [5, 5.41) is 0. The van der Waals surface area contributed by atoms with Gasteiger partial charge in [-0.2, -0.15) is 0 Å². The summed E-state index contributed by atoms with van der Waals surface area (Å²) in [6, 6.07) is 9.76. The number of para-hydroxylation sites is 1. The Morgan fingerprint density at radius 2 is 1.76 bits per heavy atom. The van der Waals surface area contributed by atoms with E-state index in [9.17, 15) is 0 Å². The first kappa shape index (κ1) is 9.76. The first-order chi connectivity index (χ1) is 8.42. The normalized spacial score (nSPS) is 26.6. The van der Waals surface area contributed by atoms with Crippen LogP contribution in [0.1, 0.15) is 37.7 Å². The van der Waals surface area contributed by atoms with Gasteiger partial charge in [-0.3, -0.25) is 0 Å². The maximum Gasteiger partial charge on any atom is 0.0405 e. The molecule has 0 aromatic heterocycles. The van der Waals surface area contributed by atoms with E-state index in [1.807, 2.05) is 5.57 Å². The molecule has 1 aromatic carbocycles. The number of nitrogens with zero attached hydrogens (tertiary/aromatic N) is 1. The molecule has 1 atom stereocenters. The zero-order valence-electron chi connectivity index (χ0n) is 10.3. The van der Waals surface area contributed by atoms with Crippen molar-refractivity contribution < 1.29 is 0 Å². The van der Waals surface area contributed by atoms with E-state index in [2.05, 4.69) is 29.2 Å². The van der Waals surface area contributed by atoms with Gasteiger partial charge in [0, 0.05) is 18.3 Å². The van der Waals surface area contributed by atoms with Crippen LogP contribution in [0.5, 0.6) is 0 Å². The monoisotopic (exact) mass is 225 g/mol. The summed E-state index contributed by atoms with van der Waals surface area (Å²) in [4.78, 5) is 2.67. The molecular weight excluding hydrogens is 206 g/mol. The van der Waals surface area contributed by atoms with E-state index in [1.54, 1.807) is 11.1 Å². The SMILES string of the molecule is c1ccc2c(c1)CC1CC3=C(CCCC3)CN21. The van der Waals surface area contributed by atoms with Crippen LogP contribution < -0.4 is 4.90 Å². The van der Waals surface area contributed by atoms with E-state index >= 15 is 0 Å². The largest absolute Gasteiger partial charge is 0.364 e. The van der Waals surface area contributed by atoms with Crippen LogP contribution in [0.3, 0.4) is 0 Å². The van der Waals surface area contributed by atoms with Gasteiger partial charge >= 0.3 is 0 Å². The van der Waals surface area contributed by atoms with Crippen molar-refractivity contribution in [3.8, 4) is 0 Å². The second kappa shape index (κ2) is 3.63. The fourth-order valence-electron chi connectivity index (χ4n) is 3.88. The third kappa shape index (κ3) is 1.45. The van der Waals surface area contributed by atoms with E-state index in [1.165, 1.54) is 50.8 Å². The van der Waals surface area contributed by atoms with E-state index in [4.69, 9.17) is 0 Å². The number of fused-ring (bicyclic) bond motifs is 3. The van der Waals surface area contributed by atoms with Crippen molar-refractivity contribution in [1.82, 2.24) is 0 Å². The average molecular weight is 225 g/mol. The Morgan fingerprint density at radius 1 is 0.941 bits per heavy atom. The Kier molecular flexibility index (Phi) is 2.08. The van der Waals surface area contributed by atoms with Crippen molar-refractivity contribution in [2.75, 3.05) is 11.4 Å². The van der Waals surface area contributed by atoms with Gasteiger partial charge in [-0.1, -0.05) is 29.3 Å². The molecule has 3 aliphatic rings. The van der Waals surface area contributed by atoms with Crippen LogP contribution >= 0.6 is 0 Å². The van der Waals surface area contributed by atoms with E-state index < -0.39 is 0 Å². The highest BCUT2D eigenvalue weighted by molar-refractivity contribution is 5.61. The van der Waals surface area contributed by atoms with Gasteiger partial charge in [0.2, 0.25) is 0 Å². The molecule has 17 heavy (non-hydrogen) atoms. The standard InChI is InChI=1S/C16H19N/c1-2-7-14-11-17-15(9-12(14)5-1)10-13-6-3-4-8-16(13)17/h3-4,6,8,15H,1-2,5,7,9-11H2. The van der Waals surface area contributed by atoms with Crippen LogP contribution in [0.4, 0.5) is 5.69 Å². The number of hydrogen-bond acceptors (Lipinski definition) is 1. The van der Waals surface area contributed by atoms with Gasteiger partial charge in [-0.05, 0) is 50.2 Å². The Bertz CT molecular complexity index is 486. The first-order valence-electron chi connectivity index (χ1n) is 6.96. The second-order valence-corrected chi connectivity index (χ2v) is 5.73. The number of anilines is 1. The van der Waals surface area contributed by atoms with Gasteiger partial charge in [-0.15, -0.1) is 0 Å². The molecule has 0 spiro atoms. The Labute approximate surface area is 103 Å². The second-order valence-electron chi connectivity index (χ2n) is 5.73. The van der Waals surface area contributed by atoms with Crippen molar-refractivity contribution in [1.29, 1.82) is 0 Å². The molecular formula is C16H19N. The predicted octanol–water partition coefficient (Wildman–Crippen LogP) is 3.69. The Hall–Kier alpha value is -1.24. The van der Waals surface area contributed by atoms with Gasteiger partial charge in [0.05, 0.1) is 0 Å². The summed E-state index contributed by atoms with van der Waals surface area (Å²) in [7, 11) is 0. The highest BCUT2D eigenvalue weighted by Crippen LogP contribution is 2.41. The van der Waals surface area contributed by atoms with Crippen molar-refractivity contribution in [3.05, 3.63) is 41.0 Å². The van der Waals surface area contributed by atoms with Crippen molar-refractivity contribution in [3.63, 3.8) is 0 Å². The molecule has 2 heterocycles. The van der Waals surface area contributed by atoms with Crippen molar-refractivity contribution in [2.24, 2.45) is 0 Å². The highest BCUT2D eigenvalue weighted by Gasteiger charge is 2.34. The average Bonchev–Trinajstić information content (AvgIpc) is 2.73. The summed E-state index contributed by atoms with van der Waals surface area (Å²) in [6.45, 7) is 1.22. The van der Waals surface area contributed by atoms with Crippen molar-refractivity contribution in [2.45, 2.75) is 44.6 Å². The summed E-state index contributed by atoms with van der Waals surface area (Å²) >= 11 is 0. The molecule has 0 amide bonds. The minimum absolute atomic E-state index is 0.768. The topological polar surface area (TPSA) is 3.24 Å². The molecule has 0 N–H and O–H groups in total. The number of hydrogen-bond donors (Lipinski definition) is 0. The molecule has 1 heteroatoms. The lowest BCUT2D eigenvalue weighted by Crippen LogP contribution is -2.38. The molecule has 1 aliphatic carbocycles. The molecule has 1 nitrogen and oxygen atoms in total. The minimum Gasteiger partial charge on any atom is -0.364 e. The highest BCUT2D eigenvalue weighted by atomic mass is 15.2. The molecule has 0 saturated heterocycles. The van der Waals surface area contributed by atoms with Gasteiger partial charge < -0.3 is 4.90 Å². The first-order valence-corrected chi connectivity index (χ1v) is 6.96. The Balaban J connectivity index is 1.71. The van der Waals surface area contributed by atoms with Crippen LogP contribution in [-0.4, -0.2) is 12.6 Å². The fraction of sp³-hybridized carbons (Fsp3) is 0.500. The molecule has 2 aliphatic heterocycles. The third-order valence-electron chi connectivity index (χ3n) is 4.75. The molecule has 0 radical (unpaired) electrons. The number of rotatable bonds is 0. The molecule has 4 rings (SSSR count). The minimum atomic E-state index is 0.768. The molecule has 0 fully saturated rings. The fourth-order valence-corrected chi connectivity index (χ4v) is 3.88. The maximum atomic E-state index is 2.67. The van der Waals surface area contributed by atoms with Crippen molar-refractivity contribution >= 4 is 5.69 Å². The van der Waals surface area contributed by atoms with E-state index in [0.717, 1.165) is 6.04 Å². The zero-order chi connectivity index (χ0) is 11.2. The van der Waals surface area contributed by atoms with Crippen LogP contribution in [0.2, 0.25) is 0 Å². The number of benzene rings is 1. The van der Waals surface area contributed by atoms with E-state index in [-0.39, 0.29) is 0 Å². The summed E-state index contributed by atoms with van der Waals surface area (Å²) in [5.74, 6) is 0. The third-order valence-corrected chi connectivity index (χ3v) is 4.75. The lowest BCUT2D eigenvalue weighted by molar-refractivity contribution is 0.532. The van der Waals surface area contributed by atoms with Gasteiger partial charge in [0.15, 0.2) is 0 Å². The molecule has 1 aromatic rings. The zero-order valence-corrected chi connectivity index (χ0v) is 10.3. The predicted molar refractivity (Wildman–Crippen MR) is 71.4 cm³/mol. The van der Waals surface area contributed by atoms with Crippen LogP contribution in [0, 0.1) is 0 Å². The molecule has 0 bridgehead atoms. The van der Waals surface area contributed by atoms with Gasteiger partial charge in [-0.25, -0.2) is 0 Å². The molecule has 0 saturated carbocycles. The maximum absolute atomic E-state index is 2.67. The molecule has 88 valence electrons. The van der Waals surface area contributed by atoms with Gasteiger partial charge in [0.1, 0.15) is 0 Å². The van der Waals surface area contributed by atoms with Crippen LogP contribution in [0.15, 0.2) is 35.4 Å². The summed E-state index contributed by atoms with van der Waals surface area (Å²) in [5.41, 5.74) is 6.65. The lowest BCUT2D eigenvalue weighted by atomic mass is 9.84. The lowest BCUT2D eigenvalue weighted by Gasteiger charge is -2.37. The summed E-state index contributed by atoms with van der Waals surface area (Å²) < 4.78 is 0. The van der Waals surface area contributed by atoms with Gasteiger partial charge in [0.25, 0.3) is 0 Å². The van der Waals surface area contributed by atoms with Crippen LogP contribution in [-0.2, 0) is 6.42 Å². The van der Waals surface area contributed by atoms with Crippen LogP contribution in [0.25, 0.3) is 0 Å². The van der Waals surface area contributed by atoms with E-state index in [0.29, 0.717) is 0 Å². The quantitative estimate of drug-likeness (QED) is 0.609. The Morgan fingerprint density at radius 3 is 2.71 bits per heavy atom. The smallest absolute Gasteiger partial charge is 0.0405 e.